The van der Waals surface area contributed by atoms with Gasteiger partial charge in [-0.05, 0) is 31.2 Å². The van der Waals surface area contributed by atoms with E-state index in [1.54, 1.807) is 0 Å². The van der Waals surface area contributed by atoms with Crippen molar-refractivity contribution in [2.45, 2.75) is 24.8 Å². The molecule has 2 N–H and O–H groups in total. The van der Waals surface area contributed by atoms with Crippen LogP contribution in [0.3, 0.4) is 0 Å². The number of nitrogens with zero attached hydrogens (tertiary/aromatic N) is 1. The molecule has 1 heterocycles. The van der Waals surface area contributed by atoms with Crippen LogP contribution in [-0.4, -0.2) is 60.2 Å². The number of benzene rings is 1. The fourth-order valence-corrected chi connectivity index (χ4v) is 4.08. The Balaban J connectivity index is 1.80. The summed E-state index contributed by atoms with van der Waals surface area (Å²) in [5.74, 6) is 2.56. The molecule has 4 nitrogen and oxygen atoms in total. The highest BCUT2D eigenvalue weighted by molar-refractivity contribution is 7.99. The average Bonchev–Trinajstić information content (AvgIpc) is 3.07. The number of hydrogen-bond acceptors (Lipinski definition) is 4. The molecule has 1 fully saturated rings. The summed E-state index contributed by atoms with van der Waals surface area (Å²) in [7, 11) is 2.03. The summed E-state index contributed by atoms with van der Waals surface area (Å²) in [6.07, 6.45) is 1.84. The van der Waals surface area contributed by atoms with Crippen LogP contribution < -0.4 is 5.32 Å². The van der Waals surface area contributed by atoms with Crippen molar-refractivity contribution >= 4 is 17.7 Å². The van der Waals surface area contributed by atoms with E-state index < -0.39 is 0 Å². The van der Waals surface area contributed by atoms with Gasteiger partial charge in [-0.25, -0.2) is 0 Å². The van der Waals surface area contributed by atoms with E-state index in [-0.39, 0.29) is 18.4 Å². The Morgan fingerprint density at radius 1 is 1.45 bits per heavy atom. The molecule has 1 saturated heterocycles. The van der Waals surface area contributed by atoms with E-state index in [1.807, 2.05) is 49.1 Å². The Kier molecular flexibility index (Phi) is 7.22. The smallest absolute Gasteiger partial charge is 0.234 e. The zero-order valence-corrected chi connectivity index (χ0v) is 14.0. The van der Waals surface area contributed by atoms with Gasteiger partial charge in [0.1, 0.15) is 0 Å². The van der Waals surface area contributed by atoms with Crippen LogP contribution in [-0.2, 0) is 4.79 Å². The molecule has 1 aliphatic rings. The fourth-order valence-electron chi connectivity index (χ4n) is 2.79. The van der Waals surface area contributed by atoms with Crippen molar-refractivity contribution in [3.8, 4) is 0 Å². The molecule has 22 heavy (non-hydrogen) atoms. The maximum Gasteiger partial charge on any atom is 0.234 e. The van der Waals surface area contributed by atoms with Crippen molar-refractivity contribution in [3.63, 3.8) is 0 Å². The van der Waals surface area contributed by atoms with Crippen LogP contribution in [0.4, 0.5) is 0 Å². The van der Waals surface area contributed by atoms with Crippen molar-refractivity contribution in [1.82, 2.24) is 10.2 Å². The Morgan fingerprint density at radius 2 is 2.23 bits per heavy atom. The molecule has 0 bridgehead atoms. The van der Waals surface area contributed by atoms with Crippen molar-refractivity contribution in [3.05, 3.63) is 35.9 Å². The number of aliphatic hydroxyl groups excluding tert-OH is 1. The van der Waals surface area contributed by atoms with Crippen LogP contribution in [0.1, 0.15) is 24.3 Å². The monoisotopic (exact) mass is 322 g/mol. The maximum absolute atomic E-state index is 12.1. The molecule has 1 aromatic carbocycles. The first-order chi connectivity index (χ1) is 10.7. The Hall–Kier alpha value is -1.04. The number of thioether (sulfide) groups is 1. The molecule has 0 saturated carbocycles. The number of nitrogens with one attached hydrogen (secondary N) is 1. The van der Waals surface area contributed by atoms with E-state index >= 15 is 0 Å². The summed E-state index contributed by atoms with van der Waals surface area (Å²) >= 11 is 1.96. The van der Waals surface area contributed by atoms with Crippen molar-refractivity contribution in [2.75, 3.05) is 38.2 Å². The van der Waals surface area contributed by atoms with Gasteiger partial charge in [0.2, 0.25) is 5.91 Å². The van der Waals surface area contributed by atoms with Crippen LogP contribution in [0.5, 0.6) is 0 Å². The number of carbonyl (C=O) groups excluding carboxylic acids is 1. The van der Waals surface area contributed by atoms with Gasteiger partial charge in [0.25, 0.3) is 0 Å². The molecule has 2 unspecified atom stereocenters. The lowest BCUT2D eigenvalue weighted by molar-refractivity contribution is -0.122. The minimum Gasteiger partial charge on any atom is -0.396 e. The largest absolute Gasteiger partial charge is 0.396 e. The van der Waals surface area contributed by atoms with Gasteiger partial charge in [-0.1, -0.05) is 30.3 Å². The molecule has 5 heteroatoms. The minimum atomic E-state index is 0.0678. The van der Waals surface area contributed by atoms with Gasteiger partial charge < -0.3 is 10.4 Å². The van der Waals surface area contributed by atoms with E-state index in [0.29, 0.717) is 25.6 Å². The average molecular weight is 322 g/mol. The molecule has 1 aromatic rings. The van der Waals surface area contributed by atoms with Gasteiger partial charge >= 0.3 is 0 Å². The number of likely N-dealkylation sites (N-methyl/N-ethyl adjacent to an activating group) is 1. The van der Waals surface area contributed by atoms with Crippen molar-refractivity contribution in [2.24, 2.45) is 0 Å². The topological polar surface area (TPSA) is 52.6 Å². The number of amides is 1. The highest BCUT2D eigenvalue weighted by Gasteiger charge is 2.22. The van der Waals surface area contributed by atoms with E-state index in [2.05, 4.69) is 10.2 Å². The highest BCUT2D eigenvalue weighted by Crippen LogP contribution is 2.21. The van der Waals surface area contributed by atoms with Gasteiger partial charge in [0.15, 0.2) is 0 Å². The normalized spacial score (nSPS) is 19.3. The van der Waals surface area contributed by atoms with Gasteiger partial charge in [-0.3, -0.25) is 9.69 Å². The Bertz CT molecular complexity index is 449. The number of carbonyl (C=O) groups is 1. The maximum atomic E-state index is 12.1. The summed E-state index contributed by atoms with van der Waals surface area (Å²) in [6.45, 7) is 1.16. The second-order valence-electron chi connectivity index (χ2n) is 5.86. The molecular formula is C17H26N2O2S. The first-order valence-corrected chi connectivity index (χ1v) is 9.06. The molecule has 0 radical (unpaired) electrons. The van der Waals surface area contributed by atoms with Crippen LogP contribution in [0.15, 0.2) is 30.3 Å². The van der Waals surface area contributed by atoms with Crippen molar-refractivity contribution < 1.29 is 9.90 Å². The summed E-state index contributed by atoms with van der Waals surface area (Å²) in [4.78, 5) is 14.3. The van der Waals surface area contributed by atoms with Crippen LogP contribution in [0.25, 0.3) is 0 Å². The third kappa shape index (κ3) is 5.30. The number of aliphatic hydroxyl groups is 1. The molecule has 2 rings (SSSR count). The highest BCUT2D eigenvalue weighted by atomic mass is 32.2. The Labute approximate surface area is 137 Å². The standard InChI is InChI=1S/C17H26N2O2S/c1-19(16-8-10-22-13-16)12-17(21)18-11-15(7-9-20)14-5-3-2-4-6-14/h2-6,15-16,20H,7-13H2,1H3,(H,18,21). The Morgan fingerprint density at radius 3 is 2.86 bits per heavy atom. The molecule has 2 atom stereocenters. The first kappa shape index (κ1) is 17.3. The van der Waals surface area contributed by atoms with Gasteiger partial charge in [0.05, 0.1) is 6.54 Å². The fraction of sp³-hybridized carbons (Fsp3) is 0.588. The predicted molar refractivity (Wildman–Crippen MR) is 92.3 cm³/mol. The van der Waals surface area contributed by atoms with E-state index in [4.69, 9.17) is 0 Å². The summed E-state index contributed by atoms with van der Waals surface area (Å²) in [5, 5.41) is 12.3. The molecule has 0 spiro atoms. The SMILES string of the molecule is CN(CC(=O)NCC(CCO)c1ccccc1)C1CCSC1. The first-order valence-electron chi connectivity index (χ1n) is 7.91. The van der Waals surface area contributed by atoms with Crippen LogP contribution in [0.2, 0.25) is 0 Å². The second kappa shape index (κ2) is 9.18. The third-order valence-electron chi connectivity index (χ3n) is 4.22. The summed E-state index contributed by atoms with van der Waals surface area (Å²) < 4.78 is 0. The molecule has 122 valence electrons. The molecule has 0 aliphatic carbocycles. The summed E-state index contributed by atoms with van der Waals surface area (Å²) in [6, 6.07) is 10.6. The third-order valence-corrected chi connectivity index (χ3v) is 5.36. The van der Waals surface area contributed by atoms with Crippen molar-refractivity contribution in [1.29, 1.82) is 0 Å². The number of rotatable bonds is 8. The zero-order valence-electron chi connectivity index (χ0n) is 13.2. The van der Waals surface area contributed by atoms with Crippen LogP contribution in [0, 0.1) is 0 Å². The molecule has 1 aliphatic heterocycles. The lowest BCUT2D eigenvalue weighted by Gasteiger charge is -2.23. The van der Waals surface area contributed by atoms with Gasteiger partial charge in [-0.15, -0.1) is 0 Å². The van der Waals surface area contributed by atoms with Gasteiger partial charge in [0, 0.05) is 30.9 Å². The summed E-state index contributed by atoms with van der Waals surface area (Å²) in [5.41, 5.74) is 1.16. The van der Waals surface area contributed by atoms with Gasteiger partial charge in [-0.2, -0.15) is 11.8 Å². The molecule has 1 amide bonds. The van der Waals surface area contributed by atoms with Crippen LogP contribution >= 0.6 is 11.8 Å². The van der Waals surface area contributed by atoms with E-state index in [0.717, 1.165) is 11.3 Å². The number of hydrogen-bond donors (Lipinski definition) is 2. The molecule has 0 aromatic heterocycles. The lowest BCUT2D eigenvalue weighted by Crippen LogP contribution is -2.41. The lowest BCUT2D eigenvalue weighted by atomic mass is 9.96. The quantitative estimate of drug-likeness (QED) is 0.765. The predicted octanol–water partition coefficient (Wildman–Crippen LogP) is 1.71. The zero-order chi connectivity index (χ0) is 15.8. The molecular weight excluding hydrogens is 296 g/mol. The van der Waals surface area contributed by atoms with E-state index in [1.165, 1.54) is 12.2 Å². The minimum absolute atomic E-state index is 0.0678. The van der Waals surface area contributed by atoms with E-state index in [9.17, 15) is 9.90 Å². The second-order valence-corrected chi connectivity index (χ2v) is 7.01.